The van der Waals surface area contributed by atoms with Crippen LogP contribution in [0.3, 0.4) is 0 Å². The third-order valence-electron chi connectivity index (χ3n) is 6.87. The molecular weight excluding hydrogens is 650 g/mol. The van der Waals surface area contributed by atoms with E-state index in [-0.39, 0.29) is 36.9 Å². The molecule has 5 rings (SSSR count). The summed E-state index contributed by atoms with van der Waals surface area (Å²) in [4.78, 5) is 1.88. The fourth-order valence-electron chi connectivity index (χ4n) is 4.59. The number of rotatable bonds is 2. The molecule has 0 saturated carbocycles. The van der Waals surface area contributed by atoms with Gasteiger partial charge in [0.05, 0.1) is 11.4 Å². The molecule has 172 valence electrons. The number of benzene rings is 1. The average molecular weight is 678 g/mol. The third kappa shape index (κ3) is 4.60. The molecule has 1 aromatic carbocycles. The molecule has 4 heterocycles. The van der Waals surface area contributed by atoms with Crippen LogP contribution in [0.15, 0.2) is 42.6 Å². The van der Waals surface area contributed by atoms with Crippen LogP contribution in [0.5, 0.6) is 5.75 Å². The number of hydrogen-bond acceptors (Lipinski definition) is 5. The van der Waals surface area contributed by atoms with Crippen molar-refractivity contribution in [1.82, 2.24) is 24.9 Å². The molecule has 6 nitrogen and oxygen atoms in total. The van der Waals surface area contributed by atoms with E-state index in [2.05, 4.69) is 21.5 Å². The van der Waals surface area contributed by atoms with Crippen LogP contribution in [0.4, 0.5) is 8.78 Å². The predicted molar refractivity (Wildman–Crippen MR) is 118 cm³/mol. The molecule has 2 aliphatic heterocycles. The number of aromatic hydroxyl groups is 1. The molecule has 2 aliphatic rings. The van der Waals surface area contributed by atoms with E-state index < -0.39 is 23.4 Å². The second-order valence-corrected chi connectivity index (χ2v) is 8.92. The summed E-state index contributed by atoms with van der Waals surface area (Å²) in [6, 6.07) is 10.6. The number of fused-ring (bicyclic) bond motifs is 2. The number of phenolic OH excluding ortho intramolecular Hbond substituents is 1. The number of aromatic nitrogens is 4. The summed E-state index contributed by atoms with van der Waals surface area (Å²) in [5.41, 5.74) is 1.73. The monoisotopic (exact) mass is 677 g/mol. The topological polar surface area (TPSA) is 67.1 Å². The van der Waals surface area contributed by atoms with Crippen LogP contribution < -0.4 is 0 Å². The first-order valence-electron chi connectivity index (χ1n) is 10.6. The Hall–Kier alpha value is -1.82. The zero-order valence-corrected chi connectivity index (χ0v) is 23.3. The molecule has 1 N–H and O–H groups in total. The van der Waals surface area contributed by atoms with Crippen molar-refractivity contribution in [2.45, 2.75) is 57.0 Å². The Morgan fingerprint density at radius 2 is 1.79 bits per heavy atom. The SMILES string of the molecule is CN1C2(C)C[CH-]CC1(C)C(F)C2F.Cc1ccn(-c2ccc(-c3cc[c-]nn3)c(O)c2)n1.[U+2]. The van der Waals surface area contributed by atoms with Crippen LogP contribution in [0.25, 0.3) is 16.9 Å². The minimum Gasteiger partial charge on any atom is -0.507 e. The summed E-state index contributed by atoms with van der Waals surface area (Å²) < 4.78 is 29.1. The van der Waals surface area contributed by atoms with E-state index in [4.69, 9.17) is 0 Å². The molecule has 3 aromatic rings. The first-order chi connectivity index (χ1) is 15.2. The van der Waals surface area contributed by atoms with Gasteiger partial charge in [-0.2, -0.15) is 29.1 Å². The molecule has 2 bridgehead atoms. The Morgan fingerprint density at radius 1 is 1.12 bits per heavy atom. The average Bonchev–Trinajstić information content (AvgIpc) is 3.25. The smallest absolute Gasteiger partial charge is 0.507 e. The summed E-state index contributed by atoms with van der Waals surface area (Å²) in [5, 5.41) is 22.0. The molecule has 0 radical (unpaired) electrons. The van der Waals surface area contributed by atoms with Crippen LogP contribution in [0, 0.1) is 50.7 Å². The molecule has 33 heavy (non-hydrogen) atoms. The van der Waals surface area contributed by atoms with Gasteiger partial charge in [-0.1, -0.05) is 0 Å². The van der Waals surface area contributed by atoms with Gasteiger partial charge < -0.3 is 11.5 Å². The predicted octanol–water partition coefficient (Wildman–Crippen LogP) is 4.27. The number of hydrogen-bond donors (Lipinski definition) is 1. The molecule has 2 saturated heterocycles. The summed E-state index contributed by atoms with van der Waals surface area (Å²) >= 11 is 0. The van der Waals surface area contributed by atoms with E-state index in [0.717, 1.165) is 11.4 Å². The maximum Gasteiger partial charge on any atom is 2.00 e. The van der Waals surface area contributed by atoms with Crippen molar-refractivity contribution in [2.75, 3.05) is 7.05 Å². The molecule has 0 spiro atoms. The van der Waals surface area contributed by atoms with Gasteiger partial charge in [0, 0.05) is 34.6 Å². The summed E-state index contributed by atoms with van der Waals surface area (Å²) in [6.45, 7) is 5.54. The number of alkyl halides is 2. The molecular formula is C24H27F2N5OU. The van der Waals surface area contributed by atoms with Crippen molar-refractivity contribution in [1.29, 1.82) is 0 Å². The van der Waals surface area contributed by atoms with E-state index in [1.165, 1.54) is 0 Å². The van der Waals surface area contributed by atoms with Gasteiger partial charge in [-0.05, 0) is 46.0 Å². The summed E-state index contributed by atoms with van der Waals surface area (Å²) in [5.74, 6) is 0.145. The maximum atomic E-state index is 13.7. The van der Waals surface area contributed by atoms with Gasteiger partial charge in [0.1, 0.15) is 18.1 Å². The zero-order valence-electron chi connectivity index (χ0n) is 19.1. The van der Waals surface area contributed by atoms with Crippen LogP contribution in [-0.2, 0) is 0 Å². The minimum atomic E-state index is -1.35. The van der Waals surface area contributed by atoms with E-state index in [1.54, 1.807) is 28.9 Å². The number of phenols is 1. The van der Waals surface area contributed by atoms with E-state index in [9.17, 15) is 13.9 Å². The van der Waals surface area contributed by atoms with Gasteiger partial charge in [-0.15, -0.1) is 6.20 Å². The van der Waals surface area contributed by atoms with Crippen LogP contribution in [0.1, 0.15) is 32.4 Å². The zero-order chi connectivity index (χ0) is 23.1. The normalized spacial score (nSPS) is 28.5. The van der Waals surface area contributed by atoms with Crippen molar-refractivity contribution < 1.29 is 45.0 Å². The summed E-state index contributed by atoms with van der Waals surface area (Å²) in [6.07, 6.45) is 5.09. The van der Waals surface area contributed by atoms with Crippen LogP contribution in [0.2, 0.25) is 0 Å². The molecule has 0 amide bonds. The second-order valence-electron chi connectivity index (χ2n) is 8.92. The first kappa shape index (κ1) is 25.8. The molecule has 0 aliphatic carbocycles. The van der Waals surface area contributed by atoms with Crippen molar-refractivity contribution in [2.24, 2.45) is 0 Å². The van der Waals surface area contributed by atoms with Gasteiger partial charge in [0.15, 0.2) is 0 Å². The van der Waals surface area contributed by atoms with Gasteiger partial charge in [-0.3, -0.25) is 10.00 Å². The Labute approximate surface area is 216 Å². The number of piperidine rings is 1. The third-order valence-corrected chi connectivity index (χ3v) is 6.87. The molecule has 4 atom stereocenters. The molecule has 2 aromatic heterocycles. The van der Waals surface area contributed by atoms with Crippen molar-refractivity contribution in [3.8, 4) is 22.7 Å². The van der Waals surface area contributed by atoms with E-state index >= 15 is 0 Å². The quantitative estimate of drug-likeness (QED) is 0.411. The van der Waals surface area contributed by atoms with Crippen molar-refractivity contribution in [3.05, 3.63) is 60.9 Å². The van der Waals surface area contributed by atoms with Gasteiger partial charge >= 0.3 is 31.1 Å². The maximum absolute atomic E-state index is 13.7. The fraction of sp³-hybridized carbons (Fsp3) is 0.417. The first-order valence-corrected chi connectivity index (χ1v) is 10.6. The van der Waals surface area contributed by atoms with E-state index in [0.29, 0.717) is 24.1 Å². The number of halogens is 2. The van der Waals surface area contributed by atoms with Gasteiger partial charge in [0.2, 0.25) is 0 Å². The Morgan fingerprint density at radius 3 is 2.27 bits per heavy atom. The Balaban J connectivity index is 0.000000192. The number of nitrogens with zero attached hydrogens (tertiary/aromatic N) is 5. The van der Waals surface area contributed by atoms with Crippen LogP contribution >= 0.6 is 0 Å². The van der Waals surface area contributed by atoms with Crippen LogP contribution in [-0.4, -0.2) is 60.5 Å². The van der Waals surface area contributed by atoms with Crippen molar-refractivity contribution >= 4 is 0 Å². The molecule has 4 unspecified atom stereocenters. The largest absolute Gasteiger partial charge is 2.00 e. The molecule has 9 heteroatoms. The van der Waals surface area contributed by atoms with Gasteiger partial charge in [-0.25, -0.2) is 19.5 Å². The molecule has 2 fully saturated rings. The van der Waals surface area contributed by atoms with E-state index in [1.807, 2.05) is 57.5 Å². The Bertz CT molecular complexity index is 1080. The standard InChI is InChI=1S/C14H11N4O.C10H16F2N.U/c1-10-6-8-18(17-10)11-4-5-12(14(19)9-11)13-3-2-7-15-16-13;1-9-5-4-6-10(2,13(9)3)8(12)7(9)11;/h2-6,8-9,19H,1H3;4,7-8H,5-6H2,1-3H3;/q2*-1;+2. The minimum absolute atomic E-state index is 0. The second kappa shape index (κ2) is 9.81. The number of aryl methyl sites for hydroxylation is 1. The van der Waals surface area contributed by atoms with Crippen molar-refractivity contribution in [3.63, 3.8) is 0 Å². The fourth-order valence-corrected chi connectivity index (χ4v) is 4.59. The van der Waals surface area contributed by atoms with Gasteiger partial charge in [0.25, 0.3) is 0 Å². The summed E-state index contributed by atoms with van der Waals surface area (Å²) in [7, 11) is 1.83. The Kier molecular flexibility index (Phi) is 7.67.